The Bertz CT molecular complexity index is 692. The number of nitrogens with zero attached hydrogens (tertiary/aromatic N) is 2. The largest absolute Gasteiger partial charge is 0.362 e. The molecule has 21 heavy (non-hydrogen) atoms. The molecule has 0 fully saturated rings. The van der Waals surface area contributed by atoms with Gasteiger partial charge in [0.2, 0.25) is 5.91 Å². The summed E-state index contributed by atoms with van der Waals surface area (Å²) in [6, 6.07) is 8.05. The van der Waals surface area contributed by atoms with Crippen molar-refractivity contribution < 1.29 is 9.18 Å². The lowest BCUT2D eigenvalue weighted by Gasteiger charge is -2.19. The van der Waals surface area contributed by atoms with E-state index in [0.717, 1.165) is 17.7 Å². The summed E-state index contributed by atoms with van der Waals surface area (Å²) < 4.78 is 13.3. The number of anilines is 2. The second-order valence-electron chi connectivity index (χ2n) is 4.83. The highest BCUT2D eigenvalue weighted by Gasteiger charge is 2.21. The highest BCUT2D eigenvalue weighted by molar-refractivity contribution is 6.32. The minimum Gasteiger partial charge on any atom is -0.362 e. The predicted octanol–water partition coefficient (Wildman–Crippen LogP) is 2.88. The fourth-order valence-electron chi connectivity index (χ4n) is 2.43. The minimum absolute atomic E-state index is 0.154. The van der Waals surface area contributed by atoms with E-state index in [9.17, 15) is 9.18 Å². The van der Waals surface area contributed by atoms with Crippen molar-refractivity contribution in [1.82, 2.24) is 4.98 Å². The first kappa shape index (κ1) is 13.8. The summed E-state index contributed by atoms with van der Waals surface area (Å²) in [7, 11) is 0. The topological polar surface area (TPSA) is 45.2 Å². The molecule has 108 valence electrons. The molecule has 0 radical (unpaired) electrons. The maximum absolute atomic E-state index is 13.3. The van der Waals surface area contributed by atoms with Gasteiger partial charge >= 0.3 is 0 Å². The van der Waals surface area contributed by atoms with E-state index in [1.54, 1.807) is 24.4 Å². The zero-order chi connectivity index (χ0) is 14.8. The summed E-state index contributed by atoms with van der Waals surface area (Å²) in [6.45, 7) is 0.856. The molecule has 1 aliphatic rings. The van der Waals surface area contributed by atoms with Gasteiger partial charge in [-0.15, -0.1) is 0 Å². The molecule has 0 unspecified atom stereocenters. The lowest BCUT2D eigenvalue weighted by atomic mass is 10.2. The summed E-state index contributed by atoms with van der Waals surface area (Å²) in [6.07, 6.45) is 2.37. The molecule has 1 amide bonds. The van der Waals surface area contributed by atoms with E-state index in [1.807, 2.05) is 4.90 Å². The average molecular weight is 306 g/mol. The molecule has 1 aliphatic heterocycles. The van der Waals surface area contributed by atoms with Crippen molar-refractivity contribution in [2.24, 2.45) is 0 Å². The number of hydrogen-bond acceptors (Lipinski definition) is 3. The van der Waals surface area contributed by atoms with Crippen LogP contribution in [0.25, 0.3) is 0 Å². The van der Waals surface area contributed by atoms with Crippen molar-refractivity contribution in [3.05, 3.63) is 53.1 Å². The predicted molar refractivity (Wildman–Crippen MR) is 80.2 cm³/mol. The molecule has 6 heteroatoms. The molecular formula is C15H13ClFN3O. The van der Waals surface area contributed by atoms with E-state index < -0.39 is 0 Å². The van der Waals surface area contributed by atoms with Gasteiger partial charge in [0.1, 0.15) is 5.82 Å². The Morgan fingerprint density at radius 3 is 3.10 bits per heavy atom. The number of benzene rings is 1. The third-order valence-corrected chi connectivity index (χ3v) is 3.71. The number of hydrogen-bond donors (Lipinski definition) is 1. The second kappa shape index (κ2) is 5.69. The number of carbonyl (C=O) groups is 1. The van der Waals surface area contributed by atoms with Gasteiger partial charge in [0.15, 0.2) is 5.15 Å². The lowest BCUT2D eigenvalue weighted by Crippen LogP contribution is -2.32. The lowest BCUT2D eigenvalue weighted by molar-refractivity contribution is -0.115. The van der Waals surface area contributed by atoms with Crippen LogP contribution in [0, 0.1) is 5.82 Å². The van der Waals surface area contributed by atoms with Gasteiger partial charge in [-0.1, -0.05) is 17.7 Å². The normalized spacial score (nSPS) is 13.1. The smallest absolute Gasteiger partial charge is 0.243 e. The van der Waals surface area contributed by atoms with Crippen LogP contribution in [-0.4, -0.2) is 24.0 Å². The van der Waals surface area contributed by atoms with Crippen LogP contribution in [-0.2, 0) is 11.2 Å². The van der Waals surface area contributed by atoms with Crippen LogP contribution in [0.1, 0.15) is 5.56 Å². The van der Waals surface area contributed by atoms with E-state index in [2.05, 4.69) is 10.3 Å². The Morgan fingerprint density at radius 1 is 1.43 bits per heavy atom. The second-order valence-corrected chi connectivity index (χ2v) is 5.19. The van der Waals surface area contributed by atoms with Crippen LogP contribution < -0.4 is 10.2 Å². The molecule has 0 aliphatic carbocycles. The number of halogens is 2. The third kappa shape index (κ3) is 2.97. The highest BCUT2D eigenvalue weighted by atomic mass is 35.5. The minimum atomic E-state index is -0.295. The Balaban J connectivity index is 1.70. The van der Waals surface area contributed by atoms with Gasteiger partial charge in [0.25, 0.3) is 0 Å². The van der Waals surface area contributed by atoms with E-state index in [0.29, 0.717) is 12.2 Å². The zero-order valence-corrected chi connectivity index (χ0v) is 11.9. The van der Waals surface area contributed by atoms with Gasteiger partial charge in [-0.3, -0.25) is 4.79 Å². The Kier molecular flexibility index (Phi) is 3.75. The van der Waals surface area contributed by atoms with E-state index in [-0.39, 0.29) is 23.4 Å². The summed E-state index contributed by atoms with van der Waals surface area (Å²) in [5.41, 5.74) is 2.31. The molecule has 3 rings (SSSR count). The number of nitrogens with one attached hydrogen (secondary N) is 1. The van der Waals surface area contributed by atoms with Gasteiger partial charge in [0, 0.05) is 18.4 Å². The summed E-state index contributed by atoms with van der Waals surface area (Å²) in [5.74, 6) is -0.502. The van der Waals surface area contributed by atoms with Gasteiger partial charge in [-0.25, -0.2) is 9.37 Å². The molecule has 2 heterocycles. The van der Waals surface area contributed by atoms with Crippen LogP contribution in [0.4, 0.5) is 15.8 Å². The number of aromatic nitrogens is 1. The Labute approximate surface area is 126 Å². The van der Waals surface area contributed by atoms with Gasteiger partial charge in [-0.05, 0) is 36.2 Å². The number of carbonyl (C=O) groups excluding carboxylic acids is 1. The van der Waals surface area contributed by atoms with Crippen LogP contribution in [0.3, 0.4) is 0 Å². The molecule has 1 aromatic carbocycles. The Morgan fingerprint density at radius 2 is 2.29 bits per heavy atom. The first-order valence-electron chi connectivity index (χ1n) is 6.57. The van der Waals surface area contributed by atoms with Crippen molar-refractivity contribution >= 4 is 28.9 Å². The molecule has 0 saturated heterocycles. The van der Waals surface area contributed by atoms with Crippen molar-refractivity contribution in [2.75, 3.05) is 23.3 Å². The van der Waals surface area contributed by atoms with E-state index in [1.165, 1.54) is 12.1 Å². The zero-order valence-electron chi connectivity index (χ0n) is 11.1. The van der Waals surface area contributed by atoms with E-state index in [4.69, 9.17) is 11.6 Å². The van der Waals surface area contributed by atoms with Gasteiger partial charge in [-0.2, -0.15) is 0 Å². The summed E-state index contributed by atoms with van der Waals surface area (Å²) in [4.78, 5) is 17.8. The molecule has 1 aromatic heterocycles. The van der Waals surface area contributed by atoms with Crippen molar-refractivity contribution in [3.8, 4) is 0 Å². The fraction of sp³-hybridized carbons (Fsp3) is 0.200. The summed E-state index contributed by atoms with van der Waals surface area (Å²) >= 11 is 5.90. The van der Waals surface area contributed by atoms with Crippen molar-refractivity contribution in [3.63, 3.8) is 0 Å². The van der Waals surface area contributed by atoms with Gasteiger partial charge in [0.05, 0.1) is 12.2 Å². The first-order chi connectivity index (χ1) is 10.1. The van der Waals surface area contributed by atoms with Crippen molar-refractivity contribution in [2.45, 2.75) is 6.42 Å². The maximum Gasteiger partial charge on any atom is 0.243 e. The van der Waals surface area contributed by atoms with Gasteiger partial charge < -0.3 is 10.2 Å². The maximum atomic E-state index is 13.3. The quantitative estimate of drug-likeness (QED) is 0.887. The first-order valence-corrected chi connectivity index (χ1v) is 6.95. The summed E-state index contributed by atoms with van der Waals surface area (Å²) in [5, 5.41) is 2.96. The van der Waals surface area contributed by atoms with Crippen LogP contribution >= 0.6 is 11.6 Å². The SMILES string of the molecule is O=C(CN1CCc2ccc(F)cc21)Nc1cccnc1Cl. The number of amides is 1. The highest BCUT2D eigenvalue weighted by Crippen LogP contribution is 2.28. The molecule has 1 N–H and O–H groups in total. The molecule has 0 spiro atoms. The van der Waals surface area contributed by atoms with Crippen LogP contribution in [0.15, 0.2) is 36.5 Å². The molecular weight excluding hydrogens is 293 g/mol. The van der Waals surface area contributed by atoms with E-state index >= 15 is 0 Å². The van der Waals surface area contributed by atoms with Crippen LogP contribution in [0.2, 0.25) is 5.15 Å². The molecule has 0 bridgehead atoms. The fourth-order valence-corrected chi connectivity index (χ4v) is 2.59. The van der Waals surface area contributed by atoms with Crippen molar-refractivity contribution in [1.29, 1.82) is 0 Å². The van der Waals surface area contributed by atoms with Crippen LogP contribution in [0.5, 0.6) is 0 Å². The number of pyridine rings is 1. The number of rotatable bonds is 3. The molecule has 0 atom stereocenters. The standard InChI is InChI=1S/C15H13ClFN3O/c16-15-12(2-1-6-18-15)19-14(21)9-20-7-5-10-3-4-11(17)8-13(10)20/h1-4,6,8H,5,7,9H2,(H,19,21). The molecule has 4 nitrogen and oxygen atoms in total. The molecule has 2 aromatic rings. The Hall–Kier alpha value is -2.14. The third-order valence-electron chi connectivity index (χ3n) is 3.41. The monoisotopic (exact) mass is 305 g/mol. The number of fused-ring (bicyclic) bond motifs is 1. The average Bonchev–Trinajstić information content (AvgIpc) is 2.84. The molecule has 0 saturated carbocycles.